The molecule has 0 radical (unpaired) electrons. The lowest BCUT2D eigenvalue weighted by molar-refractivity contribution is -0.153. The van der Waals surface area contributed by atoms with Crippen LogP contribution in [0.1, 0.15) is 16.2 Å². The van der Waals surface area contributed by atoms with E-state index in [0.29, 0.717) is 11.3 Å². The fourth-order valence-corrected chi connectivity index (χ4v) is 2.41. The van der Waals surface area contributed by atoms with Crippen LogP contribution in [-0.4, -0.2) is 38.2 Å². The zero-order valence-electron chi connectivity index (χ0n) is 13.6. The lowest BCUT2D eigenvalue weighted by Crippen LogP contribution is -2.19. The summed E-state index contributed by atoms with van der Waals surface area (Å²) in [7, 11) is 0. The van der Waals surface area contributed by atoms with Crippen molar-refractivity contribution in [3.05, 3.63) is 47.0 Å². The topological polar surface area (TPSA) is 86.0 Å². The monoisotopic (exact) mass is 401 g/mol. The molecule has 11 heteroatoms. The van der Waals surface area contributed by atoms with Gasteiger partial charge in [-0.1, -0.05) is 11.6 Å². The van der Waals surface area contributed by atoms with Crippen LogP contribution in [0.4, 0.5) is 13.2 Å². The number of pyridine rings is 2. The van der Waals surface area contributed by atoms with Crippen molar-refractivity contribution in [2.45, 2.75) is 13.1 Å². The van der Waals surface area contributed by atoms with Gasteiger partial charge in [-0.3, -0.25) is 4.40 Å². The number of hydrogen-bond donors (Lipinski definition) is 1. The minimum Gasteiger partial charge on any atom is -0.478 e. The molecule has 3 aromatic rings. The lowest BCUT2D eigenvalue weighted by Gasteiger charge is -2.13. The molecule has 0 fully saturated rings. The summed E-state index contributed by atoms with van der Waals surface area (Å²) < 4.78 is 48.9. The number of fused-ring (bicyclic) bond motifs is 1. The highest BCUT2D eigenvalue weighted by molar-refractivity contribution is 6.30. The second kappa shape index (κ2) is 6.95. The maximum absolute atomic E-state index is 12.4. The van der Waals surface area contributed by atoms with Crippen molar-refractivity contribution >= 4 is 23.2 Å². The van der Waals surface area contributed by atoms with E-state index in [1.54, 1.807) is 6.92 Å². The van der Waals surface area contributed by atoms with Crippen LogP contribution in [0, 0.1) is 6.92 Å². The zero-order valence-corrected chi connectivity index (χ0v) is 14.4. The van der Waals surface area contributed by atoms with Gasteiger partial charge in [-0.25, -0.2) is 14.8 Å². The van der Waals surface area contributed by atoms with Gasteiger partial charge < -0.3 is 14.6 Å². The Hall–Kier alpha value is -3.01. The molecule has 0 aliphatic carbocycles. The molecule has 0 saturated carbocycles. The number of aryl methyl sites for hydroxylation is 1. The number of aromatic nitrogens is 3. The highest BCUT2D eigenvalue weighted by Gasteiger charge is 2.29. The Labute approximate surface area is 154 Å². The number of aromatic carboxylic acids is 1. The van der Waals surface area contributed by atoms with E-state index < -0.39 is 18.8 Å². The van der Waals surface area contributed by atoms with Crippen LogP contribution in [0.5, 0.6) is 17.4 Å². The molecular formula is C16H11ClF3N3O4. The van der Waals surface area contributed by atoms with Crippen LogP contribution >= 0.6 is 11.6 Å². The summed E-state index contributed by atoms with van der Waals surface area (Å²) in [5.74, 6) is -1.50. The standard InChI is InChI=1S/C16H11ClF3N3O4/c1-8-13(15(24)25)22-12-3-2-10(6-23(8)12)27-14-11(4-9(17)5-21-14)26-7-16(18,19)20/h2-6H,7H2,1H3,(H,24,25). The van der Waals surface area contributed by atoms with Crippen LogP contribution in [0.2, 0.25) is 5.02 Å². The van der Waals surface area contributed by atoms with E-state index in [9.17, 15) is 18.0 Å². The number of hydrogen-bond acceptors (Lipinski definition) is 5. The van der Waals surface area contributed by atoms with E-state index in [1.807, 2.05) is 0 Å². The van der Waals surface area contributed by atoms with E-state index in [0.717, 1.165) is 6.07 Å². The maximum atomic E-state index is 12.4. The van der Waals surface area contributed by atoms with Gasteiger partial charge in [0.1, 0.15) is 11.4 Å². The molecule has 0 atom stereocenters. The third-order valence-corrected chi connectivity index (χ3v) is 3.63. The molecule has 0 bridgehead atoms. The van der Waals surface area contributed by atoms with E-state index in [2.05, 4.69) is 9.97 Å². The van der Waals surface area contributed by atoms with Crippen LogP contribution in [0.15, 0.2) is 30.6 Å². The number of carboxylic acids is 1. The second-order valence-electron chi connectivity index (χ2n) is 5.41. The maximum Gasteiger partial charge on any atom is 0.422 e. The molecule has 142 valence electrons. The fraction of sp³-hybridized carbons (Fsp3) is 0.188. The van der Waals surface area contributed by atoms with Gasteiger partial charge in [0.05, 0.1) is 16.9 Å². The Morgan fingerprint density at radius 2 is 2.11 bits per heavy atom. The van der Waals surface area contributed by atoms with Crippen molar-refractivity contribution in [1.29, 1.82) is 0 Å². The third kappa shape index (κ3) is 4.22. The van der Waals surface area contributed by atoms with Crippen LogP contribution in [0.25, 0.3) is 5.65 Å². The molecule has 0 aliphatic heterocycles. The van der Waals surface area contributed by atoms with E-state index in [4.69, 9.17) is 26.2 Å². The minimum atomic E-state index is -4.54. The summed E-state index contributed by atoms with van der Waals surface area (Å²) in [5, 5.41) is 9.20. The Kier molecular flexibility index (Phi) is 4.83. The van der Waals surface area contributed by atoms with Gasteiger partial charge in [0.15, 0.2) is 18.1 Å². The molecule has 0 spiro atoms. The molecule has 1 N–H and O–H groups in total. The Morgan fingerprint density at radius 3 is 2.78 bits per heavy atom. The van der Waals surface area contributed by atoms with Gasteiger partial charge in [-0.15, -0.1) is 0 Å². The number of ether oxygens (including phenoxy) is 2. The summed E-state index contributed by atoms with van der Waals surface area (Å²) in [6.07, 6.45) is -1.91. The van der Waals surface area contributed by atoms with E-state index in [1.165, 1.54) is 28.9 Å². The number of halogens is 4. The predicted octanol–water partition coefficient (Wildman–Crippen LogP) is 4.12. The smallest absolute Gasteiger partial charge is 0.422 e. The highest BCUT2D eigenvalue weighted by Crippen LogP contribution is 2.33. The average Bonchev–Trinajstić information content (AvgIpc) is 2.91. The number of carboxylic acid groups (broad SMARTS) is 1. The molecule has 0 unspecified atom stereocenters. The van der Waals surface area contributed by atoms with Gasteiger partial charge in [-0.2, -0.15) is 13.2 Å². The first kappa shape index (κ1) is 18.8. The number of imidazole rings is 1. The molecule has 0 aliphatic rings. The summed E-state index contributed by atoms with van der Waals surface area (Å²) >= 11 is 5.75. The fourth-order valence-electron chi connectivity index (χ4n) is 2.27. The summed E-state index contributed by atoms with van der Waals surface area (Å²) in [5.41, 5.74) is 0.612. The van der Waals surface area contributed by atoms with Crippen molar-refractivity contribution in [1.82, 2.24) is 14.4 Å². The van der Waals surface area contributed by atoms with Crippen molar-refractivity contribution in [2.24, 2.45) is 0 Å². The molecule has 0 amide bonds. The quantitative estimate of drug-likeness (QED) is 0.692. The van der Waals surface area contributed by atoms with Gasteiger partial charge in [0.25, 0.3) is 5.88 Å². The van der Waals surface area contributed by atoms with Gasteiger partial charge in [0, 0.05) is 12.3 Å². The normalized spacial score (nSPS) is 11.6. The highest BCUT2D eigenvalue weighted by atomic mass is 35.5. The summed E-state index contributed by atoms with van der Waals surface area (Å²) in [6, 6.07) is 4.12. The molecule has 0 saturated heterocycles. The summed E-state index contributed by atoms with van der Waals surface area (Å²) in [6.45, 7) is 0.0265. The van der Waals surface area contributed by atoms with Crippen LogP contribution < -0.4 is 9.47 Å². The molecular weight excluding hydrogens is 391 g/mol. The number of carbonyl (C=O) groups is 1. The van der Waals surface area contributed by atoms with Crippen molar-refractivity contribution in [3.8, 4) is 17.4 Å². The SMILES string of the molecule is Cc1c(C(=O)O)nc2ccc(Oc3ncc(Cl)cc3OCC(F)(F)F)cn12. The number of nitrogens with zero attached hydrogens (tertiary/aromatic N) is 3. The Bertz CT molecular complexity index is 1020. The lowest BCUT2D eigenvalue weighted by atomic mass is 10.3. The van der Waals surface area contributed by atoms with Crippen molar-refractivity contribution in [3.63, 3.8) is 0 Å². The Morgan fingerprint density at radius 1 is 1.37 bits per heavy atom. The van der Waals surface area contributed by atoms with Crippen molar-refractivity contribution < 1.29 is 32.5 Å². The van der Waals surface area contributed by atoms with E-state index in [-0.39, 0.29) is 28.1 Å². The second-order valence-corrected chi connectivity index (χ2v) is 5.84. The number of rotatable bonds is 5. The largest absolute Gasteiger partial charge is 0.478 e. The van der Waals surface area contributed by atoms with Gasteiger partial charge in [0.2, 0.25) is 0 Å². The molecule has 7 nitrogen and oxygen atoms in total. The number of alkyl halides is 3. The van der Waals surface area contributed by atoms with Crippen molar-refractivity contribution in [2.75, 3.05) is 6.61 Å². The third-order valence-electron chi connectivity index (χ3n) is 3.42. The Balaban J connectivity index is 1.93. The predicted molar refractivity (Wildman–Crippen MR) is 87.8 cm³/mol. The molecule has 27 heavy (non-hydrogen) atoms. The summed E-state index contributed by atoms with van der Waals surface area (Å²) in [4.78, 5) is 19.0. The first-order valence-corrected chi connectivity index (χ1v) is 7.77. The molecule has 3 heterocycles. The minimum absolute atomic E-state index is 0.0755. The molecule has 0 aromatic carbocycles. The first-order chi connectivity index (χ1) is 12.6. The van der Waals surface area contributed by atoms with Gasteiger partial charge >= 0.3 is 12.1 Å². The van der Waals surface area contributed by atoms with E-state index >= 15 is 0 Å². The van der Waals surface area contributed by atoms with Gasteiger partial charge in [-0.05, 0) is 19.1 Å². The zero-order chi connectivity index (χ0) is 19.8. The average molecular weight is 402 g/mol. The van der Waals surface area contributed by atoms with Crippen LogP contribution in [-0.2, 0) is 0 Å². The first-order valence-electron chi connectivity index (χ1n) is 7.39. The van der Waals surface area contributed by atoms with Crippen LogP contribution in [0.3, 0.4) is 0 Å². The molecule has 3 aromatic heterocycles. The molecule has 3 rings (SSSR count).